The molecule has 6 heteroatoms. The Morgan fingerprint density at radius 3 is 3.00 bits per heavy atom. The number of carboxylic acid groups (broad SMARTS) is 1. The first kappa shape index (κ1) is 10.4. The van der Waals surface area contributed by atoms with E-state index in [1.54, 1.807) is 12.1 Å². The quantitative estimate of drug-likeness (QED) is 0.781. The third-order valence-electron chi connectivity index (χ3n) is 3.00. The van der Waals surface area contributed by atoms with Crippen molar-refractivity contribution in [2.75, 3.05) is 6.54 Å². The lowest BCUT2D eigenvalue weighted by Gasteiger charge is -2.25. The zero-order chi connectivity index (χ0) is 12.0. The van der Waals surface area contributed by atoms with Gasteiger partial charge in [-0.05, 0) is 18.2 Å². The Labute approximate surface area is 102 Å². The number of aromatic nitrogens is 2. The second kappa shape index (κ2) is 3.63. The van der Waals surface area contributed by atoms with Crippen LogP contribution in [0.3, 0.4) is 0 Å². The van der Waals surface area contributed by atoms with Crippen molar-refractivity contribution in [3.05, 3.63) is 28.9 Å². The number of hydrogen-bond donors (Lipinski definition) is 1. The first-order valence-corrected chi connectivity index (χ1v) is 5.66. The van der Waals surface area contributed by atoms with E-state index in [4.69, 9.17) is 16.7 Å². The minimum absolute atomic E-state index is 0.382. The molecule has 1 N–H and O–H groups in total. The molecule has 0 radical (unpaired) electrons. The van der Waals surface area contributed by atoms with Gasteiger partial charge in [-0.2, -0.15) is 5.10 Å². The molecule has 3 rings (SSSR count). The largest absolute Gasteiger partial charge is 0.465 e. The van der Waals surface area contributed by atoms with Crippen molar-refractivity contribution >= 4 is 28.6 Å². The van der Waals surface area contributed by atoms with E-state index in [-0.39, 0.29) is 0 Å². The molecule has 0 fully saturated rings. The van der Waals surface area contributed by atoms with Crippen LogP contribution in [0.5, 0.6) is 0 Å². The number of halogens is 1. The number of hydrogen-bond acceptors (Lipinski definition) is 2. The van der Waals surface area contributed by atoms with Crippen molar-refractivity contribution in [1.82, 2.24) is 14.7 Å². The van der Waals surface area contributed by atoms with Crippen molar-refractivity contribution in [1.29, 1.82) is 0 Å². The van der Waals surface area contributed by atoms with Gasteiger partial charge in [-0.3, -0.25) is 4.68 Å². The highest BCUT2D eigenvalue weighted by Gasteiger charge is 2.23. The topological polar surface area (TPSA) is 58.4 Å². The predicted octanol–water partition coefficient (Wildman–Crippen LogP) is 2.18. The summed E-state index contributed by atoms with van der Waals surface area (Å²) in [5, 5.41) is 15.0. The Balaban J connectivity index is 2.12. The predicted molar refractivity (Wildman–Crippen MR) is 63.2 cm³/mol. The fourth-order valence-electron chi connectivity index (χ4n) is 2.15. The monoisotopic (exact) mass is 251 g/mol. The van der Waals surface area contributed by atoms with E-state index >= 15 is 0 Å². The molecule has 2 aromatic rings. The van der Waals surface area contributed by atoms with Crippen LogP contribution in [0.4, 0.5) is 4.79 Å². The van der Waals surface area contributed by atoms with E-state index in [1.807, 2.05) is 10.7 Å². The molecule has 0 spiro atoms. The third kappa shape index (κ3) is 1.63. The van der Waals surface area contributed by atoms with E-state index in [0.717, 1.165) is 16.6 Å². The van der Waals surface area contributed by atoms with Gasteiger partial charge in [-0.15, -0.1) is 0 Å². The molecule has 0 bridgehead atoms. The SMILES string of the molecule is O=C(O)N1CCn2nc3cc(Cl)ccc3c2C1. The van der Waals surface area contributed by atoms with Gasteiger partial charge in [0.25, 0.3) is 0 Å². The van der Waals surface area contributed by atoms with Gasteiger partial charge >= 0.3 is 6.09 Å². The molecule has 0 saturated heterocycles. The average molecular weight is 252 g/mol. The van der Waals surface area contributed by atoms with Gasteiger partial charge in [0, 0.05) is 17.0 Å². The van der Waals surface area contributed by atoms with Crippen molar-refractivity contribution in [2.24, 2.45) is 0 Å². The number of carbonyl (C=O) groups is 1. The van der Waals surface area contributed by atoms with E-state index in [0.29, 0.717) is 24.7 Å². The van der Waals surface area contributed by atoms with E-state index in [9.17, 15) is 4.79 Å². The first-order valence-electron chi connectivity index (χ1n) is 5.28. The lowest BCUT2D eigenvalue weighted by atomic mass is 10.2. The molecule has 5 nitrogen and oxygen atoms in total. The Kier molecular flexibility index (Phi) is 2.22. The summed E-state index contributed by atoms with van der Waals surface area (Å²) < 4.78 is 1.86. The summed E-state index contributed by atoms with van der Waals surface area (Å²) in [7, 11) is 0. The molecule has 17 heavy (non-hydrogen) atoms. The zero-order valence-corrected chi connectivity index (χ0v) is 9.68. The highest BCUT2D eigenvalue weighted by Crippen LogP contribution is 2.25. The van der Waals surface area contributed by atoms with Gasteiger partial charge in [0.15, 0.2) is 0 Å². The van der Waals surface area contributed by atoms with Crippen molar-refractivity contribution in [3.63, 3.8) is 0 Å². The van der Waals surface area contributed by atoms with Crippen LogP contribution in [0, 0.1) is 0 Å². The van der Waals surface area contributed by atoms with Gasteiger partial charge in [0.1, 0.15) is 0 Å². The summed E-state index contributed by atoms with van der Waals surface area (Å²) >= 11 is 5.91. The summed E-state index contributed by atoms with van der Waals surface area (Å²) in [6.07, 6.45) is -0.889. The van der Waals surface area contributed by atoms with Crippen molar-refractivity contribution in [2.45, 2.75) is 13.1 Å². The van der Waals surface area contributed by atoms with Gasteiger partial charge in [0.05, 0.1) is 24.3 Å². The molecular weight excluding hydrogens is 242 g/mol. The molecule has 0 unspecified atom stereocenters. The lowest BCUT2D eigenvalue weighted by molar-refractivity contribution is 0.131. The van der Waals surface area contributed by atoms with Crippen LogP contribution >= 0.6 is 11.6 Å². The highest BCUT2D eigenvalue weighted by molar-refractivity contribution is 6.31. The number of rotatable bonds is 0. The maximum atomic E-state index is 11.0. The third-order valence-corrected chi connectivity index (χ3v) is 3.24. The maximum Gasteiger partial charge on any atom is 0.407 e. The summed E-state index contributed by atoms with van der Waals surface area (Å²) in [6.45, 7) is 1.45. The molecule has 1 amide bonds. The first-order chi connectivity index (χ1) is 8.15. The molecule has 0 saturated carbocycles. The molecule has 1 aromatic heterocycles. The minimum atomic E-state index is -0.889. The molecule has 0 atom stereocenters. The van der Waals surface area contributed by atoms with Crippen LogP contribution in [0.2, 0.25) is 5.02 Å². The molecule has 1 aliphatic heterocycles. The van der Waals surface area contributed by atoms with Gasteiger partial charge in [0.2, 0.25) is 0 Å². The van der Waals surface area contributed by atoms with Crippen LogP contribution in [-0.4, -0.2) is 32.4 Å². The summed E-state index contributed by atoms with van der Waals surface area (Å²) in [4.78, 5) is 12.3. The molecule has 1 aromatic carbocycles. The molecule has 2 heterocycles. The van der Waals surface area contributed by atoms with Gasteiger partial charge < -0.3 is 10.0 Å². The molecule has 88 valence electrons. The molecular formula is C11H10ClN3O2. The van der Waals surface area contributed by atoms with Crippen LogP contribution in [0.1, 0.15) is 5.69 Å². The molecule has 1 aliphatic rings. The zero-order valence-electron chi connectivity index (χ0n) is 8.93. The maximum absolute atomic E-state index is 11.0. The van der Waals surface area contributed by atoms with Crippen LogP contribution in [0.25, 0.3) is 10.9 Å². The van der Waals surface area contributed by atoms with Crippen molar-refractivity contribution < 1.29 is 9.90 Å². The summed E-state index contributed by atoms with van der Waals surface area (Å²) in [5.74, 6) is 0. The standard InChI is InChI=1S/C11H10ClN3O2/c12-7-1-2-8-9(5-7)13-15-4-3-14(11(16)17)6-10(8)15/h1-2,5H,3-4,6H2,(H,16,17). The number of amides is 1. The highest BCUT2D eigenvalue weighted by atomic mass is 35.5. The van der Waals surface area contributed by atoms with Crippen LogP contribution in [0.15, 0.2) is 18.2 Å². The fourth-order valence-corrected chi connectivity index (χ4v) is 2.32. The Morgan fingerprint density at radius 1 is 1.41 bits per heavy atom. The number of benzene rings is 1. The van der Waals surface area contributed by atoms with Gasteiger partial charge in [-0.25, -0.2) is 4.79 Å². The second-order valence-corrected chi connectivity index (χ2v) is 4.47. The van der Waals surface area contributed by atoms with Crippen LogP contribution in [-0.2, 0) is 13.1 Å². The normalized spacial score (nSPS) is 15.0. The Morgan fingerprint density at radius 2 is 2.24 bits per heavy atom. The van der Waals surface area contributed by atoms with Gasteiger partial charge in [-0.1, -0.05) is 11.6 Å². The van der Waals surface area contributed by atoms with E-state index in [1.165, 1.54) is 4.90 Å². The minimum Gasteiger partial charge on any atom is -0.465 e. The molecule has 0 aliphatic carbocycles. The average Bonchev–Trinajstić information content (AvgIpc) is 2.64. The second-order valence-electron chi connectivity index (χ2n) is 4.04. The van der Waals surface area contributed by atoms with E-state index in [2.05, 4.69) is 5.10 Å². The lowest BCUT2D eigenvalue weighted by Crippen LogP contribution is -2.37. The Hall–Kier alpha value is -1.75. The summed E-state index contributed by atoms with van der Waals surface area (Å²) in [6, 6.07) is 5.49. The number of nitrogens with zero attached hydrogens (tertiary/aromatic N) is 3. The van der Waals surface area contributed by atoms with E-state index < -0.39 is 6.09 Å². The van der Waals surface area contributed by atoms with Crippen molar-refractivity contribution in [3.8, 4) is 0 Å². The summed E-state index contributed by atoms with van der Waals surface area (Å²) in [5.41, 5.74) is 1.75. The van der Waals surface area contributed by atoms with Crippen LogP contribution < -0.4 is 0 Å². The smallest absolute Gasteiger partial charge is 0.407 e. The Bertz CT molecular complexity index is 608. The fraction of sp³-hybridized carbons (Fsp3) is 0.273. The number of fused-ring (bicyclic) bond motifs is 3.